The number of alkyl halides is 3. The minimum Gasteiger partial charge on any atom is -0.484 e. The van der Waals surface area contributed by atoms with Crippen LogP contribution in [0.25, 0.3) is 0 Å². The van der Waals surface area contributed by atoms with Gasteiger partial charge in [-0.25, -0.2) is 0 Å². The van der Waals surface area contributed by atoms with Crippen LogP contribution in [0.5, 0.6) is 5.75 Å². The third-order valence-corrected chi connectivity index (χ3v) is 4.15. The van der Waals surface area contributed by atoms with Gasteiger partial charge in [0.1, 0.15) is 5.75 Å². The van der Waals surface area contributed by atoms with Crippen molar-refractivity contribution in [2.24, 2.45) is 0 Å². The molecule has 2 amide bonds. The van der Waals surface area contributed by atoms with Gasteiger partial charge in [0, 0.05) is 12.1 Å². The van der Waals surface area contributed by atoms with Crippen LogP contribution in [-0.4, -0.2) is 31.1 Å². The topological polar surface area (TPSA) is 67.4 Å². The number of amides is 2. The highest BCUT2D eigenvalue weighted by molar-refractivity contribution is 6.42. The maximum absolute atomic E-state index is 12.1. The minimum atomic E-state index is -4.41. The van der Waals surface area contributed by atoms with Gasteiger partial charge in [-0.1, -0.05) is 35.3 Å². The van der Waals surface area contributed by atoms with Crippen molar-refractivity contribution in [3.8, 4) is 5.75 Å². The summed E-state index contributed by atoms with van der Waals surface area (Å²) in [4.78, 5) is 23.8. The first kappa shape index (κ1) is 21.8. The van der Waals surface area contributed by atoms with Gasteiger partial charge < -0.3 is 15.4 Å². The van der Waals surface area contributed by atoms with Gasteiger partial charge in [0.25, 0.3) is 5.91 Å². The van der Waals surface area contributed by atoms with Crippen molar-refractivity contribution < 1.29 is 27.5 Å². The first-order valence-corrected chi connectivity index (χ1v) is 8.68. The lowest BCUT2D eigenvalue weighted by Gasteiger charge is -2.10. The van der Waals surface area contributed by atoms with Gasteiger partial charge in [0.05, 0.1) is 16.6 Å². The third-order valence-electron chi connectivity index (χ3n) is 3.41. The number of ether oxygens (including phenoxy) is 1. The first-order valence-electron chi connectivity index (χ1n) is 7.92. The fourth-order valence-electron chi connectivity index (χ4n) is 2.03. The van der Waals surface area contributed by atoms with E-state index < -0.39 is 24.6 Å². The van der Waals surface area contributed by atoms with Gasteiger partial charge >= 0.3 is 6.18 Å². The van der Waals surface area contributed by atoms with Crippen LogP contribution in [0.3, 0.4) is 0 Å². The molecule has 0 saturated heterocycles. The predicted octanol–water partition coefficient (Wildman–Crippen LogP) is 3.98. The van der Waals surface area contributed by atoms with Crippen LogP contribution in [0.4, 0.5) is 13.2 Å². The average molecular weight is 435 g/mol. The Bertz CT molecular complexity index is 843. The van der Waals surface area contributed by atoms with E-state index in [9.17, 15) is 22.8 Å². The Kier molecular flexibility index (Phi) is 7.53. The molecule has 0 aromatic heterocycles. The van der Waals surface area contributed by atoms with Crippen LogP contribution in [0.15, 0.2) is 42.5 Å². The molecule has 10 heteroatoms. The Morgan fingerprint density at radius 2 is 1.64 bits per heavy atom. The van der Waals surface area contributed by atoms with Crippen molar-refractivity contribution in [3.05, 3.63) is 63.6 Å². The molecule has 2 aromatic rings. The fourth-order valence-corrected chi connectivity index (χ4v) is 2.33. The molecule has 0 unspecified atom stereocenters. The van der Waals surface area contributed by atoms with Gasteiger partial charge in [-0.3, -0.25) is 9.59 Å². The molecule has 2 N–H and O–H groups in total. The summed E-state index contributed by atoms with van der Waals surface area (Å²) in [6, 6.07) is 10.1. The molecular formula is C18H15Cl2F3N2O3. The first-order chi connectivity index (χ1) is 13.1. The summed E-state index contributed by atoms with van der Waals surface area (Å²) in [6.07, 6.45) is -4.41. The molecule has 0 spiro atoms. The Morgan fingerprint density at radius 3 is 2.25 bits per heavy atom. The summed E-state index contributed by atoms with van der Waals surface area (Å²) in [6.45, 7) is -1.49. The number of hydrogen-bond acceptors (Lipinski definition) is 3. The Balaban J connectivity index is 1.76. The molecule has 0 heterocycles. The normalized spacial score (nSPS) is 11.0. The quantitative estimate of drug-likeness (QED) is 0.692. The Labute approximate surface area is 168 Å². The molecule has 0 aliphatic heterocycles. The van der Waals surface area contributed by atoms with Crippen molar-refractivity contribution in [1.82, 2.24) is 10.6 Å². The van der Waals surface area contributed by atoms with Crippen molar-refractivity contribution in [2.45, 2.75) is 12.7 Å². The fraction of sp³-hybridized carbons (Fsp3) is 0.222. The van der Waals surface area contributed by atoms with E-state index >= 15 is 0 Å². The largest absolute Gasteiger partial charge is 0.484 e. The molecule has 0 bridgehead atoms. The van der Waals surface area contributed by atoms with Crippen LogP contribution in [0.2, 0.25) is 10.0 Å². The van der Waals surface area contributed by atoms with E-state index in [1.807, 2.05) is 0 Å². The number of nitrogens with one attached hydrogen (secondary N) is 2. The Morgan fingerprint density at radius 1 is 0.964 bits per heavy atom. The zero-order valence-electron chi connectivity index (χ0n) is 14.3. The third kappa shape index (κ3) is 7.28. The zero-order chi connectivity index (χ0) is 20.7. The number of halogens is 5. The molecule has 5 nitrogen and oxygen atoms in total. The molecule has 0 atom stereocenters. The number of hydrogen-bond donors (Lipinski definition) is 2. The molecule has 0 saturated carbocycles. The second-order valence-electron chi connectivity index (χ2n) is 5.64. The highest BCUT2D eigenvalue weighted by Gasteiger charge is 2.28. The van der Waals surface area contributed by atoms with E-state index in [1.165, 1.54) is 42.5 Å². The number of rotatable bonds is 7. The molecule has 0 radical (unpaired) electrons. The van der Waals surface area contributed by atoms with Gasteiger partial charge in [0.15, 0.2) is 6.61 Å². The SMILES string of the molecule is O=C(CNC(=O)c1ccc(Cl)c(Cl)c1)NCc1ccc(OCC(F)(F)F)cc1. The van der Waals surface area contributed by atoms with Crippen LogP contribution in [0.1, 0.15) is 15.9 Å². The van der Waals surface area contributed by atoms with Crippen molar-refractivity contribution in [3.63, 3.8) is 0 Å². The molecule has 2 aromatic carbocycles. The molecule has 28 heavy (non-hydrogen) atoms. The lowest BCUT2D eigenvalue weighted by Crippen LogP contribution is -2.36. The second-order valence-corrected chi connectivity index (χ2v) is 6.45. The summed E-state index contributed by atoms with van der Waals surface area (Å²) in [5.74, 6) is -0.855. The van der Waals surface area contributed by atoms with E-state index in [0.717, 1.165) is 0 Å². The monoisotopic (exact) mass is 434 g/mol. The average Bonchev–Trinajstić information content (AvgIpc) is 2.65. The number of benzene rings is 2. The van der Waals surface area contributed by atoms with E-state index in [0.29, 0.717) is 10.6 Å². The predicted molar refractivity (Wildman–Crippen MR) is 98.6 cm³/mol. The van der Waals surface area contributed by atoms with Crippen molar-refractivity contribution in [2.75, 3.05) is 13.2 Å². The smallest absolute Gasteiger partial charge is 0.422 e. The molecule has 150 valence electrons. The van der Waals surface area contributed by atoms with Crippen LogP contribution in [-0.2, 0) is 11.3 Å². The number of carbonyl (C=O) groups excluding carboxylic acids is 2. The van der Waals surface area contributed by atoms with E-state index in [1.54, 1.807) is 0 Å². The lowest BCUT2D eigenvalue weighted by molar-refractivity contribution is -0.153. The maximum Gasteiger partial charge on any atom is 0.422 e. The van der Waals surface area contributed by atoms with Crippen LogP contribution < -0.4 is 15.4 Å². The summed E-state index contributed by atoms with van der Waals surface area (Å²) >= 11 is 11.6. The minimum absolute atomic E-state index is 0.0706. The second kappa shape index (κ2) is 9.66. The van der Waals surface area contributed by atoms with Gasteiger partial charge in [-0.05, 0) is 35.9 Å². The zero-order valence-corrected chi connectivity index (χ0v) is 15.8. The highest BCUT2D eigenvalue weighted by Crippen LogP contribution is 2.22. The van der Waals surface area contributed by atoms with Crippen molar-refractivity contribution in [1.29, 1.82) is 0 Å². The van der Waals surface area contributed by atoms with Crippen LogP contribution >= 0.6 is 23.2 Å². The molecule has 0 aliphatic rings. The summed E-state index contributed by atoms with van der Waals surface area (Å²) in [5, 5.41) is 5.56. The maximum atomic E-state index is 12.1. The Hall–Kier alpha value is -2.45. The summed E-state index contributed by atoms with van der Waals surface area (Å²) in [7, 11) is 0. The molecule has 2 rings (SSSR count). The van der Waals surface area contributed by atoms with Crippen molar-refractivity contribution >= 4 is 35.0 Å². The van der Waals surface area contributed by atoms with Gasteiger partial charge in [0.2, 0.25) is 5.91 Å². The molecular weight excluding hydrogens is 420 g/mol. The van der Waals surface area contributed by atoms with E-state index in [4.69, 9.17) is 23.2 Å². The summed E-state index contributed by atoms with van der Waals surface area (Å²) in [5.41, 5.74) is 0.917. The van der Waals surface area contributed by atoms with Gasteiger partial charge in [-0.15, -0.1) is 0 Å². The molecule has 0 fully saturated rings. The van der Waals surface area contributed by atoms with Gasteiger partial charge in [-0.2, -0.15) is 13.2 Å². The lowest BCUT2D eigenvalue weighted by atomic mass is 10.2. The van der Waals surface area contributed by atoms with E-state index in [-0.39, 0.29) is 29.4 Å². The number of carbonyl (C=O) groups is 2. The van der Waals surface area contributed by atoms with Crippen LogP contribution in [0, 0.1) is 0 Å². The highest BCUT2D eigenvalue weighted by atomic mass is 35.5. The molecule has 0 aliphatic carbocycles. The van der Waals surface area contributed by atoms with E-state index in [2.05, 4.69) is 15.4 Å². The standard InChI is InChI=1S/C18H15Cl2F3N2O3/c19-14-6-3-12(7-15(14)20)17(27)25-9-16(26)24-8-11-1-4-13(5-2-11)28-10-18(21,22)23/h1-7H,8-10H2,(H,24,26)(H,25,27). The summed E-state index contributed by atoms with van der Waals surface area (Å²) < 4.78 is 40.9.